The standard InChI is InChI=1S/C25H21N5O3/c26-22(31)18-9-4-5-11-21(18)33-24-19(10-6-14-27-24)23(32)29-25-28-15-20(30(25)17-12-13-17)16-7-2-1-3-8-16/h1-11,14-15,17H,12-13H2,(H2,26,31)(H,28,29,32). The van der Waals surface area contributed by atoms with Crippen molar-refractivity contribution in [3.63, 3.8) is 0 Å². The number of nitrogens with zero attached hydrogens (tertiary/aromatic N) is 3. The lowest BCUT2D eigenvalue weighted by atomic mass is 10.2. The van der Waals surface area contributed by atoms with Gasteiger partial charge in [-0.25, -0.2) is 9.97 Å². The summed E-state index contributed by atoms with van der Waals surface area (Å²) in [7, 11) is 0. The number of hydrogen-bond acceptors (Lipinski definition) is 5. The number of nitrogens with two attached hydrogens (primary N) is 1. The molecule has 5 rings (SSSR count). The summed E-state index contributed by atoms with van der Waals surface area (Å²) in [5.74, 6) is -0.289. The van der Waals surface area contributed by atoms with Crippen molar-refractivity contribution in [2.75, 3.05) is 5.32 Å². The third-order valence-corrected chi connectivity index (χ3v) is 5.38. The fraction of sp³-hybridized carbons (Fsp3) is 0.120. The SMILES string of the molecule is NC(=O)c1ccccc1Oc1ncccc1C(=O)Nc1ncc(-c2ccccc2)n1C1CC1. The zero-order chi connectivity index (χ0) is 22.8. The minimum atomic E-state index is -0.632. The van der Waals surface area contributed by atoms with Gasteiger partial charge < -0.3 is 15.0 Å². The molecular weight excluding hydrogens is 418 g/mol. The maximum atomic E-state index is 13.2. The number of ether oxygens (including phenoxy) is 1. The smallest absolute Gasteiger partial charge is 0.263 e. The summed E-state index contributed by atoms with van der Waals surface area (Å²) >= 11 is 0. The molecule has 8 nitrogen and oxygen atoms in total. The van der Waals surface area contributed by atoms with Gasteiger partial charge in [0.1, 0.15) is 11.3 Å². The van der Waals surface area contributed by atoms with Crippen LogP contribution in [0.4, 0.5) is 5.95 Å². The van der Waals surface area contributed by atoms with E-state index in [4.69, 9.17) is 10.5 Å². The van der Waals surface area contributed by atoms with Crippen molar-refractivity contribution >= 4 is 17.8 Å². The lowest BCUT2D eigenvalue weighted by molar-refractivity contribution is 0.0997. The fourth-order valence-corrected chi connectivity index (χ4v) is 3.66. The van der Waals surface area contributed by atoms with Gasteiger partial charge >= 0.3 is 0 Å². The molecule has 33 heavy (non-hydrogen) atoms. The first kappa shape index (κ1) is 20.4. The Kier molecular flexibility index (Phi) is 5.32. The summed E-state index contributed by atoms with van der Waals surface area (Å²) in [6, 6.07) is 20.0. The Bertz CT molecular complexity index is 1330. The van der Waals surface area contributed by atoms with Crippen molar-refractivity contribution in [1.82, 2.24) is 14.5 Å². The monoisotopic (exact) mass is 439 g/mol. The Balaban J connectivity index is 1.45. The summed E-state index contributed by atoms with van der Waals surface area (Å²) in [4.78, 5) is 33.6. The van der Waals surface area contributed by atoms with Crippen molar-refractivity contribution in [2.24, 2.45) is 5.73 Å². The quantitative estimate of drug-likeness (QED) is 0.443. The molecule has 1 aliphatic carbocycles. The molecule has 0 unspecified atom stereocenters. The molecule has 0 atom stereocenters. The first-order chi connectivity index (χ1) is 16.1. The molecule has 1 aliphatic rings. The molecule has 1 fully saturated rings. The van der Waals surface area contributed by atoms with E-state index in [2.05, 4.69) is 19.9 Å². The molecule has 2 aromatic heterocycles. The summed E-state index contributed by atoms with van der Waals surface area (Å²) in [6.45, 7) is 0. The fourth-order valence-electron chi connectivity index (χ4n) is 3.66. The molecule has 8 heteroatoms. The predicted octanol–water partition coefficient (Wildman–Crippen LogP) is 4.42. The molecule has 0 radical (unpaired) electrons. The van der Waals surface area contributed by atoms with E-state index in [0.29, 0.717) is 12.0 Å². The van der Waals surface area contributed by atoms with E-state index in [9.17, 15) is 9.59 Å². The summed E-state index contributed by atoms with van der Waals surface area (Å²) in [6.07, 6.45) is 5.35. The highest BCUT2D eigenvalue weighted by Gasteiger charge is 2.30. The average molecular weight is 439 g/mol. The second-order valence-electron chi connectivity index (χ2n) is 7.71. The van der Waals surface area contributed by atoms with Gasteiger partial charge in [0.25, 0.3) is 11.8 Å². The van der Waals surface area contributed by atoms with Crippen LogP contribution < -0.4 is 15.8 Å². The van der Waals surface area contributed by atoms with Crippen LogP contribution in [-0.2, 0) is 0 Å². The van der Waals surface area contributed by atoms with Gasteiger partial charge in [-0.05, 0) is 42.7 Å². The van der Waals surface area contributed by atoms with E-state index in [1.165, 1.54) is 6.20 Å². The molecule has 164 valence electrons. The van der Waals surface area contributed by atoms with Gasteiger partial charge in [0, 0.05) is 12.2 Å². The number of imidazole rings is 1. The highest BCUT2D eigenvalue weighted by molar-refractivity contribution is 6.05. The van der Waals surface area contributed by atoms with Gasteiger partial charge in [0.2, 0.25) is 11.8 Å². The van der Waals surface area contributed by atoms with E-state index < -0.39 is 11.8 Å². The van der Waals surface area contributed by atoms with Crippen LogP contribution in [0.25, 0.3) is 11.3 Å². The number of primary amides is 1. The van der Waals surface area contributed by atoms with Crippen molar-refractivity contribution in [2.45, 2.75) is 18.9 Å². The topological polar surface area (TPSA) is 112 Å². The first-order valence-corrected chi connectivity index (χ1v) is 10.6. The van der Waals surface area contributed by atoms with E-state index in [0.717, 1.165) is 24.1 Å². The van der Waals surface area contributed by atoms with Crippen LogP contribution in [0.5, 0.6) is 11.6 Å². The number of anilines is 1. The van der Waals surface area contributed by atoms with Gasteiger partial charge in [0.15, 0.2) is 0 Å². The molecule has 1 saturated carbocycles. The highest BCUT2D eigenvalue weighted by atomic mass is 16.5. The Morgan fingerprint density at radius 2 is 1.67 bits per heavy atom. The number of rotatable bonds is 7. The molecule has 4 aromatic rings. The lowest BCUT2D eigenvalue weighted by Gasteiger charge is -2.14. The zero-order valence-corrected chi connectivity index (χ0v) is 17.6. The van der Waals surface area contributed by atoms with Gasteiger partial charge in [0.05, 0.1) is 17.5 Å². The van der Waals surface area contributed by atoms with Crippen LogP contribution in [0, 0.1) is 0 Å². The highest BCUT2D eigenvalue weighted by Crippen LogP contribution is 2.41. The van der Waals surface area contributed by atoms with Crippen molar-refractivity contribution in [1.29, 1.82) is 0 Å². The number of nitrogens with one attached hydrogen (secondary N) is 1. The zero-order valence-electron chi connectivity index (χ0n) is 17.6. The Hall–Kier alpha value is -4.46. The van der Waals surface area contributed by atoms with Crippen LogP contribution in [0.2, 0.25) is 0 Å². The molecule has 0 spiro atoms. The number of benzene rings is 2. The maximum absolute atomic E-state index is 13.2. The Labute approximate surface area is 190 Å². The van der Waals surface area contributed by atoms with Gasteiger partial charge in [-0.3, -0.25) is 14.9 Å². The summed E-state index contributed by atoms with van der Waals surface area (Å²) < 4.78 is 7.89. The number of hydrogen-bond donors (Lipinski definition) is 2. The Morgan fingerprint density at radius 3 is 2.42 bits per heavy atom. The van der Waals surface area contributed by atoms with Crippen LogP contribution >= 0.6 is 0 Å². The van der Waals surface area contributed by atoms with E-state index in [1.54, 1.807) is 42.6 Å². The van der Waals surface area contributed by atoms with Gasteiger partial charge in [-0.2, -0.15) is 0 Å². The predicted molar refractivity (Wildman–Crippen MR) is 123 cm³/mol. The third kappa shape index (κ3) is 4.18. The van der Waals surface area contributed by atoms with E-state index in [1.807, 2.05) is 30.3 Å². The number of carbonyl (C=O) groups excluding carboxylic acids is 2. The number of pyridine rings is 1. The van der Waals surface area contributed by atoms with Crippen LogP contribution in [0.1, 0.15) is 39.6 Å². The Morgan fingerprint density at radius 1 is 0.939 bits per heavy atom. The largest absolute Gasteiger partial charge is 0.437 e. The molecule has 0 bridgehead atoms. The number of aromatic nitrogens is 3. The summed E-state index contributed by atoms with van der Waals surface area (Å²) in [5.41, 5.74) is 7.84. The minimum Gasteiger partial charge on any atom is -0.437 e. The number of para-hydroxylation sites is 1. The molecule has 0 aliphatic heterocycles. The number of carbonyl (C=O) groups is 2. The molecule has 3 N–H and O–H groups in total. The van der Waals surface area contributed by atoms with E-state index in [-0.39, 0.29) is 22.8 Å². The van der Waals surface area contributed by atoms with Crippen LogP contribution in [-0.4, -0.2) is 26.3 Å². The van der Waals surface area contributed by atoms with Crippen LogP contribution in [0.3, 0.4) is 0 Å². The van der Waals surface area contributed by atoms with E-state index >= 15 is 0 Å². The average Bonchev–Trinajstić information content (AvgIpc) is 3.60. The molecule has 0 saturated heterocycles. The lowest BCUT2D eigenvalue weighted by Crippen LogP contribution is -2.17. The van der Waals surface area contributed by atoms with Crippen LogP contribution in [0.15, 0.2) is 79.1 Å². The first-order valence-electron chi connectivity index (χ1n) is 10.6. The summed E-state index contributed by atoms with van der Waals surface area (Å²) in [5, 5.41) is 2.90. The van der Waals surface area contributed by atoms with Gasteiger partial charge in [-0.15, -0.1) is 0 Å². The van der Waals surface area contributed by atoms with Crippen molar-refractivity contribution in [3.05, 3.63) is 90.3 Å². The maximum Gasteiger partial charge on any atom is 0.263 e. The van der Waals surface area contributed by atoms with Crippen molar-refractivity contribution < 1.29 is 14.3 Å². The minimum absolute atomic E-state index is 0.0662. The molecule has 2 aromatic carbocycles. The second kappa shape index (κ2) is 8.58. The van der Waals surface area contributed by atoms with Gasteiger partial charge in [-0.1, -0.05) is 42.5 Å². The third-order valence-electron chi connectivity index (χ3n) is 5.38. The molecular formula is C25H21N5O3. The molecule has 2 amide bonds. The number of amides is 2. The molecule has 2 heterocycles. The normalized spacial score (nSPS) is 12.8. The van der Waals surface area contributed by atoms with Crippen molar-refractivity contribution in [3.8, 4) is 22.9 Å². The second-order valence-corrected chi connectivity index (χ2v) is 7.71.